The Morgan fingerprint density at radius 2 is 1.74 bits per heavy atom. The Bertz CT molecular complexity index is 609. The Morgan fingerprint density at radius 3 is 2.42 bits per heavy atom. The van der Waals surface area contributed by atoms with Crippen molar-refractivity contribution in [2.45, 2.75) is 18.3 Å². The Labute approximate surface area is 122 Å². The molecule has 0 unspecified atom stereocenters. The molecule has 19 heavy (non-hydrogen) atoms. The molecule has 0 saturated heterocycles. The number of hydrogen-bond donors (Lipinski definition) is 1. The third-order valence-corrected chi connectivity index (χ3v) is 4.64. The molecule has 0 spiro atoms. The standard InChI is InChI=1S/C16H14Cl2O/c17-15-6-5-10(8-16(15)18)14-7-11(9-19)12-3-1-2-4-13(12)14/h1-6,8,11,14,19H,7,9H2/t11-,14-/m0/s1. The summed E-state index contributed by atoms with van der Waals surface area (Å²) >= 11 is 12.1. The van der Waals surface area contributed by atoms with E-state index in [-0.39, 0.29) is 12.5 Å². The Morgan fingerprint density at radius 1 is 1.00 bits per heavy atom. The Kier molecular flexibility index (Phi) is 3.53. The van der Waals surface area contributed by atoms with Gasteiger partial charge in [-0.1, -0.05) is 53.5 Å². The van der Waals surface area contributed by atoms with Gasteiger partial charge in [0, 0.05) is 18.4 Å². The SMILES string of the molecule is OC[C@@H]1C[C@@H](c2ccc(Cl)c(Cl)c2)c2ccccc21. The molecule has 1 N–H and O–H groups in total. The first kappa shape index (κ1) is 13.0. The quantitative estimate of drug-likeness (QED) is 0.857. The van der Waals surface area contributed by atoms with Crippen LogP contribution in [0.25, 0.3) is 0 Å². The van der Waals surface area contributed by atoms with E-state index < -0.39 is 0 Å². The zero-order valence-corrected chi connectivity index (χ0v) is 11.8. The van der Waals surface area contributed by atoms with E-state index in [1.807, 2.05) is 30.3 Å². The highest BCUT2D eigenvalue weighted by Gasteiger charge is 2.31. The largest absolute Gasteiger partial charge is 0.396 e. The summed E-state index contributed by atoms with van der Waals surface area (Å²) < 4.78 is 0. The number of aliphatic hydroxyl groups is 1. The molecule has 1 aliphatic rings. The maximum Gasteiger partial charge on any atom is 0.0595 e. The minimum absolute atomic E-state index is 0.189. The minimum Gasteiger partial charge on any atom is -0.396 e. The van der Waals surface area contributed by atoms with Crippen molar-refractivity contribution in [1.82, 2.24) is 0 Å². The molecule has 2 aromatic rings. The van der Waals surface area contributed by atoms with Gasteiger partial charge in [0.15, 0.2) is 0 Å². The molecule has 0 aromatic heterocycles. The predicted octanol–water partition coefficient (Wildman–Crippen LogP) is 4.60. The number of halogens is 2. The molecule has 0 bridgehead atoms. The maximum atomic E-state index is 9.53. The summed E-state index contributed by atoms with van der Waals surface area (Å²) in [5, 5.41) is 10.7. The summed E-state index contributed by atoms with van der Waals surface area (Å²) in [5.74, 6) is 0.513. The van der Waals surface area contributed by atoms with Gasteiger partial charge in [0.2, 0.25) is 0 Å². The second-order valence-electron chi connectivity index (χ2n) is 4.97. The minimum atomic E-state index is 0.189. The highest BCUT2D eigenvalue weighted by molar-refractivity contribution is 6.42. The molecule has 0 amide bonds. The van der Waals surface area contributed by atoms with Gasteiger partial charge in [-0.2, -0.15) is 0 Å². The summed E-state index contributed by atoms with van der Waals surface area (Å²) in [6.45, 7) is 0.189. The lowest BCUT2D eigenvalue weighted by atomic mass is 9.93. The summed E-state index contributed by atoms with van der Waals surface area (Å²) in [6.07, 6.45) is 0.924. The average molecular weight is 293 g/mol. The van der Waals surface area contributed by atoms with E-state index in [1.165, 1.54) is 11.1 Å². The van der Waals surface area contributed by atoms with Crippen molar-refractivity contribution in [3.63, 3.8) is 0 Å². The van der Waals surface area contributed by atoms with Crippen LogP contribution in [0.15, 0.2) is 42.5 Å². The topological polar surface area (TPSA) is 20.2 Å². The molecule has 2 atom stereocenters. The van der Waals surface area contributed by atoms with E-state index in [1.54, 1.807) is 0 Å². The van der Waals surface area contributed by atoms with E-state index in [4.69, 9.17) is 23.2 Å². The van der Waals surface area contributed by atoms with E-state index >= 15 is 0 Å². The highest BCUT2D eigenvalue weighted by atomic mass is 35.5. The van der Waals surface area contributed by atoms with Gasteiger partial charge in [0.05, 0.1) is 10.0 Å². The van der Waals surface area contributed by atoms with Crippen LogP contribution in [-0.2, 0) is 0 Å². The first-order chi connectivity index (χ1) is 9.20. The van der Waals surface area contributed by atoms with Crippen LogP contribution in [0, 0.1) is 0 Å². The van der Waals surface area contributed by atoms with E-state index in [9.17, 15) is 5.11 Å². The van der Waals surface area contributed by atoms with E-state index in [0.29, 0.717) is 16.0 Å². The van der Waals surface area contributed by atoms with Crippen molar-refractivity contribution < 1.29 is 5.11 Å². The third-order valence-electron chi connectivity index (χ3n) is 3.90. The van der Waals surface area contributed by atoms with Crippen molar-refractivity contribution in [1.29, 1.82) is 0 Å². The van der Waals surface area contributed by atoms with Crippen LogP contribution in [0.3, 0.4) is 0 Å². The second kappa shape index (κ2) is 5.16. The Hall–Kier alpha value is -1.02. The number of hydrogen-bond acceptors (Lipinski definition) is 1. The van der Waals surface area contributed by atoms with Gasteiger partial charge in [-0.3, -0.25) is 0 Å². The van der Waals surface area contributed by atoms with Gasteiger partial charge >= 0.3 is 0 Å². The predicted molar refractivity (Wildman–Crippen MR) is 79.2 cm³/mol. The molecule has 0 saturated carbocycles. The lowest BCUT2D eigenvalue weighted by Crippen LogP contribution is -2.00. The summed E-state index contributed by atoms with van der Waals surface area (Å²) in [7, 11) is 0. The molecule has 0 fully saturated rings. The fraction of sp³-hybridized carbons (Fsp3) is 0.250. The lowest BCUT2D eigenvalue weighted by Gasteiger charge is -2.13. The maximum absolute atomic E-state index is 9.53. The average Bonchev–Trinajstić information content (AvgIpc) is 2.81. The van der Waals surface area contributed by atoms with Crippen LogP contribution in [0.4, 0.5) is 0 Å². The molecule has 3 heteroatoms. The summed E-state index contributed by atoms with van der Waals surface area (Å²) in [4.78, 5) is 0. The fourth-order valence-electron chi connectivity index (χ4n) is 2.96. The van der Waals surface area contributed by atoms with Crippen molar-refractivity contribution >= 4 is 23.2 Å². The molecular weight excluding hydrogens is 279 g/mol. The van der Waals surface area contributed by atoms with E-state index in [2.05, 4.69) is 12.1 Å². The smallest absolute Gasteiger partial charge is 0.0595 e. The number of aliphatic hydroxyl groups excluding tert-OH is 1. The van der Waals surface area contributed by atoms with Gasteiger partial charge in [-0.05, 0) is 35.2 Å². The first-order valence-corrected chi connectivity index (χ1v) is 7.11. The zero-order valence-electron chi connectivity index (χ0n) is 10.3. The van der Waals surface area contributed by atoms with Crippen LogP contribution in [-0.4, -0.2) is 11.7 Å². The molecule has 1 nitrogen and oxygen atoms in total. The van der Waals surface area contributed by atoms with Crippen molar-refractivity contribution in [3.05, 3.63) is 69.2 Å². The third kappa shape index (κ3) is 2.27. The normalized spacial score (nSPS) is 21.4. The van der Waals surface area contributed by atoms with Gasteiger partial charge in [0.25, 0.3) is 0 Å². The molecule has 0 aliphatic heterocycles. The van der Waals surface area contributed by atoms with Gasteiger partial charge in [-0.25, -0.2) is 0 Å². The molecule has 0 heterocycles. The number of fused-ring (bicyclic) bond motifs is 1. The number of rotatable bonds is 2. The summed E-state index contributed by atoms with van der Waals surface area (Å²) in [6, 6.07) is 14.1. The van der Waals surface area contributed by atoms with Gasteiger partial charge in [-0.15, -0.1) is 0 Å². The molecule has 0 radical (unpaired) electrons. The zero-order chi connectivity index (χ0) is 13.4. The van der Waals surface area contributed by atoms with Crippen LogP contribution in [0.5, 0.6) is 0 Å². The van der Waals surface area contributed by atoms with E-state index in [0.717, 1.165) is 12.0 Å². The van der Waals surface area contributed by atoms with Crippen molar-refractivity contribution in [2.75, 3.05) is 6.61 Å². The first-order valence-electron chi connectivity index (χ1n) is 6.35. The molecule has 98 valence electrons. The number of benzene rings is 2. The monoisotopic (exact) mass is 292 g/mol. The van der Waals surface area contributed by atoms with Crippen LogP contribution in [0.1, 0.15) is 34.9 Å². The molecule has 1 aliphatic carbocycles. The molecule has 2 aromatic carbocycles. The van der Waals surface area contributed by atoms with Crippen molar-refractivity contribution in [2.24, 2.45) is 0 Å². The molecule has 3 rings (SSSR count). The van der Waals surface area contributed by atoms with Crippen LogP contribution < -0.4 is 0 Å². The van der Waals surface area contributed by atoms with Gasteiger partial charge in [0.1, 0.15) is 0 Å². The van der Waals surface area contributed by atoms with Crippen LogP contribution >= 0.6 is 23.2 Å². The second-order valence-corrected chi connectivity index (χ2v) is 5.78. The van der Waals surface area contributed by atoms with Gasteiger partial charge < -0.3 is 5.11 Å². The molecular formula is C16H14Cl2O. The van der Waals surface area contributed by atoms with Crippen LogP contribution in [0.2, 0.25) is 10.0 Å². The highest BCUT2D eigenvalue weighted by Crippen LogP contribution is 2.45. The summed E-state index contributed by atoms with van der Waals surface area (Å²) in [5.41, 5.74) is 3.71. The van der Waals surface area contributed by atoms with Crippen molar-refractivity contribution in [3.8, 4) is 0 Å². The Balaban J connectivity index is 2.05. The fourth-order valence-corrected chi connectivity index (χ4v) is 3.26. The lowest BCUT2D eigenvalue weighted by molar-refractivity contribution is 0.263.